The lowest BCUT2D eigenvalue weighted by molar-refractivity contribution is -0.127. The fourth-order valence-electron chi connectivity index (χ4n) is 1.59. The summed E-state index contributed by atoms with van der Waals surface area (Å²) in [5.41, 5.74) is 1.17. The molecule has 1 amide bonds. The molecule has 1 rings (SSSR count). The Balaban J connectivity index is 0.00000361. The van der Waals surface area contributed by atoms with Gasteiger partial charge in [-0.2, -0.15) is 0 Å². The molecule has 0 aliphatic carbocycles. The average molecular weight is 301 g/mol. The third kappa shape index (κ3) is 7.36. The molecular weight excluding hydrogens is 276 g/mol. The van der Waals surface area contributed by atoms with E-state index in [1.807, 2.05) is 31.2 Å². The smallest absolute Gasteiger partial charge is 0.260 e. The maximum Gasteiger partial charge on any atom is 0.260 e. The molecule has 0 saturated carbocycles. The second kappa shape index (κ2) is 10.5. The minimum absolute atomic E-state index is 0. The molecule has 5 heteroatoms. The van der Waals surface area contributed by atoms with Crippen LogP contribution in [0.4, 0.5) is 0 Å². The zero-order valence-corrected chi connectivity index (χ0v) is 13.3. The van der Waals surface area contributed by atoms with E-state index in [-0.39, 0.29) is 18.3 Å². The Hall–Kier alpha value is -1.26. The Morgan fingerprint density at radius 2 is 1.85 bits per heavy atom. The van der Waals surface area contributed by atoms with E-state index in [0.29, 0.717) is 6.54 Å². The SMILES string of the molecule is CCCNCCNC(=O)C(C)Oc1ccc(C)cc1.Cl. The molecule has 1 aromatic carbocycles. The zero-order valence-electron chi connectivity index (χ0n) is 12.4. The van der Waals surface area contributed by atoms with Crippen molar-refractivity contribution in [2.75, 3.05) is 19.6 Å². The summed E-state index contributed by atoms with van der Waals surface area (Å²) in [6.07, 6.45) is 0.620. The number of amides is 1. The van der Waals surface area contributed by atoms with Gasteiger partial charge in [0, 0.05) is 13.1 Å². The molecule has 0 aliphatic heterocycles. The Bertz CT molecular complexity index is 382. The lowest BCUT2D eigenvalue weighted by Gasteiger charge is -2.15. The van der Waals surface area contributed by atoms with Gasteiger partial charge in [-0.3, -0.25) is 4.79 Å². The molecular formula is C15H25ClN2O2. The molecule has 1 aromatic rings. The third-order valence-corrected chi connectivity index (χ3v) is 2.73. The standard InChI is InChI=1S/C15H24N2O2.ClH/c1-4-9-16-10-11-17-15(18)13(3)19-14-7-5-12(2)6-8-14;/h5-8,13,16H,4,9-11H2,1-3H3,(H,17,18);1H. The van der Waals surface area contributed by atoms with Gasteiger partial charge in [-0.05, 0) is 38.9 Å². The van der Waals surface area contributed by atoms with E-state index in [4.69, 9.17) is 4.74 Å². The van der Waals surface area contributed by atoms with Gasteiger partial charge in [0.25, 0.3) is 5.91 Å². The van der Waals surface area contributed by atoms with Gasteiger partial charge in [0.05, 0.1) is 0 Å². The quantitative estimate of drug-likeness (QED) is 0.724. The monoisotopic (exact) mass is 300 g/mol. The summed E-state index contributed by atoms with van der Waals surface area (Å²) in [5, 5.41) is 6.08. The highest BCUT2D eigenvalue weighted by molar-refractivity contribution is 5.85. The first-order valence-electron chi connectivity index (χ1n) is 6.85. The second-order valence-electron chi connectivity index (χ2n) is 4.61. The van der Waals surface area contributed by atoms with Gasteiger partial charge in [-0.25, -0.2) is 0 Å². The van der Waals surface area contributed by atoms with Crippen LogP contribution in [-0.4, -0.2) is 31.6 Å². The van der Waals surface area contributed by atoms with E-state index in [2.05, 4.69) is 17.6 Å². The predicted molar refractivity (Wildman–Crippen MR) is 84.7 cm³/mol. The Kier molecular flexibility index (Phi) is 9.86. The number of aryl methyl sites for hydroxylation is 1. The molecule has 0 spiro atoms. The lowest BCUT2D eigenvalue weighted by atomic mass is 10.2. The van der Waals surface area contributed by atoms with Crippen LogP contribution in [0.5, 0.6) is 5.75 Å². The Morgan fingerprint density at radius 3 is 2.45 bits per heavy atom. The molecule has 1 atom stereocenters. The molecule has 0 aromatic heterocycles. The second-order valence-corrected chi connectivity index (χ2v) is 4.61. The first-order chi connectivity index (χ1) is 9.13. The molecule has 0 bridgehead atoms. The molecule has 4 nitrogen and oxygen atoms in total. The minimum Gasteiger partial charge on any atom is -0.481 e. The molecule has 0 fully saturated rings. The van der Waals surface area contributed by atoms with Gasteiger partial charge in [0.1, 0.15) is 5.75 Å². The number of carbonyl (C=O) groups is 1. The Labute approximate surface area is 127 Å². The van der Waals surface area contributed by atoms with Gasteiger partial charge in [-0.15, -0.1) is 12.4 Å². The highest BCUT2D eigenvalue weighted by Gasteiger charge is 2.13. The third-order valence-electron chi connectivity index (χ3n) is 2.73. The van der Waals surface area contributed by atoms with Crippen molar-refractivity contribution in [2.24, 2.45) is 0 Å². The van der Waals surface area contributed by atoms with E-state index in [1.54, 1.807) is 6.92 Å². The summed E-state index contributed by atoms with van der Waals surface area (Å²) in [5.74, 6) is 0.635. The summed E-state index contributed by atoms with van der Waals surface area (Å²) in [6.45, 7) is 8.28. The summed E-state index contributed by atoms with van der Waals surface area (Å²) in [6, 6.07) is 7.69. The summed E-state index contributed by atoms with van der Waals surface area (Å²) in [4.78, 5) is 11.8. The van der Waals surface area contributed by atoms with Crippen LogP contribution in [0, 0.1) is 6.92 Å². The normalized spacial score (nSPS) is 11.3. The van der Waals surface area contributed by atoms with Crippen molar-refractivity contribution in [1.29, 1.82) is 0 Å². The van der Waals surface area contributed by atoms with Crippen LogP contribution >= 0.6 is 12.4 Å². The fourth-order valence-corrected chi connectivity index (χ4v) is 1.59. The van der Waals surface area contributed by atoms with Crippen molar-refractivity contribution in [3.05, 3.63) is 29.8 Å². The van der Waals surface area contributed by atoms with Crippen molar-refractivity contribution in [3.8, 4) is 5.75 Å². The number of hydrogen-bond donors (Lipinski definition) is 2. The maximum atomic E-state index is 11.8. The molecule has 2 N–H and O–H groups in total. The first kappa shape index (κ1) is 18.7. The van der Waals surface area contributed by atoms with E-state index < -0.39 is 6.10 Å². The number of carbonyl (C=O) groups excluding carboxylic acids is 1. The van der Waals surface area contributed by atoms with Crippen molar-refractivity contribution in [1.82, 2.24) is 10.6 Å². The maximum absolute atomic E-state index is 11.8. The van der Waals surface area contributed by atoms with Crippen LogP contribution in [0.1, 0.15) is 25.8 Å². The molecule has 0 aliphatic rings. The van der Waals surface area contributed by atoms with Crippen LogP contribution in [0.15, 0.2) is 24.3 Å². The topological polar surface area (TPSA) is 50.4 Å². The molecule has 0 radical (unpaired) electrons. The van der Waals surface area contributed by atoms with Gasteiger partial charge in [0.2, 0.25) is 0 Å². The number of rotatable bonds is 8. The van der Waals surface area contributed by atoms with Gasteiger partial charge in [0.15, 0.2) is 6.10 Å². The van der Waals surface area contributed by atoms with E-state index in [9.17, 15) is 4.79 Å². The number of ether oxygens (including phenoxy) is 1. The molecule has 0 heterocycles. The van der Waals surface area contributed by atoms with Gasteiger partial charge < -0.3 is 15.4 Å². The van der Waals surface area contributed by atoms with Crippen LogP contribution in [0.3, 0.4) is 0 Å². The summed E-state index contributed by atoms with van der Waals surface area (Å²) < 4.78 is 5.58. The highest BCUT2D eigenvalue weighted by atomic mass is 35.5. The zero-order chi connectivity index (χ0) is 14.1. The average Bonchev–Trinajstić information content (AvgIpc) is 2.41. The highest BCUT2D eigenvalue weighted by Crippen LogP contribution is 2.13. The number of benzene rings is 1. The Morgan fingerprint density at radius 1 is 1.20 bits per heavy atom. The molecule has 20 heavy (non-hydrogen) atoms. The van der Waals surface area contributed by atoms with Gasteiger partial charge >= 0.3 is 0 Å². The molecule has 0 saturated heterocycles. The number of nitrogens with one attached hydrogen (secondary N) is 2. The predicted octanol–water partition coefficient (Wildman–Crippen LogP) is 2.30. The van der Waals surface area contributed by atoms with E-state index in [1.165, 1.54) is 5.56 Å². The molecule has 114 valence electrons. The van der Waals surface area contributed by atoms with Crippen molar-refractivity contribution < 1.29 is 9.53 Å². The number of halogens is 1. The van der Waals surface area contributed by atoms with Crippen LogP contribution < -0.4 is 15.4 Å². The first-order valence-corrected chi connectivity index (χ1v) is 6.85. The van der Waals surface area contributed by atoms with E-state index in [0.717, 1.165) is 25.3 Å². The van der Waals surface area contributed by atoms with Crippen molar-refractivity contribution in [3.63, 3.8) is 0 Å². The summed E-state index contributed by atoms with van der Waals surface area (Å²) >= 11 is 0. The van der Waals surface area contributed by atoms with Crippen LogP contribution in [0.25, 0.3) is 0 Å². The largest absolute Gasteiger partial charge is 0.481 e. The van der Waals surface area contributed by atoms with Gasteiger partial charge in [-0.1, -0.05) is 24.6 Å². The lowest BCUT2D eigenvalue weighted by Crippen LogP contribution is -2.39. The van der Waals surface area contributed by atoms with Crippen LogP contribution in [0.2, 0.25) is 0 Å². The van der Waals surface area contributed by atoms with E-state index >= 15 is 0 Å². The summed E-state index contributed by atoms with van der Waals surface area (Å²) in [7, 11) is 0. The minimum atomic E-state index is -0.478. The van der Waals surface area contributed by atoms with Crippen molar-refractivity contribution >= 4 is 18.3 Å². The fraction of sp³-hybridized carbons (Fsp3) is 0.533. The van der Waals surface area contributed by atoms with Crippen LogP contribution in [-0.2, 0) is 4.79 Å². The molecule has 1 unspecified atom stereocenters. The number of hydrogen-bond acceptors (Lipinski definition) is 3. The van der Waals surface area contributed by atoms with Crippen molar-refractivity contribution in [2.45, 2.75) is 33.3 Å².